The highest BCUT2D eigenvalue weighted by Crippen LogP contribution is 2.26. The van der Waals surface area contributed by atoms with Crippen LogP contribution in [-0.4, -0.2) is 17.9 Å². The molecule has 0 aromatic heterocycles. The highest BCUT2D eigenvalue weighted by atomic mass is 16.5. The Kier molecular flexibility index (Phi) is 5.00. The average molecular weight is 270 g/mol. The molecule has 20 heavy (non-hydrogen) atoms. The molecular weight excluding hydrogens is 252 g/mol. The Balaban J connectivity index is 1.92. The van der Waals surface area contributed by atoms with Gasteiger partial charge in [0.05, 0.1) is 19.4 Å². The Morgan fingerprint density at radius 3 is 2.75 bits per heavy atom. The van der Waals surface area contributed by atoms with Gasteiger partial charge in [-0.05, 0) is 36.2 Å². The molecule has 0 spiro atoms. The molecule has 4 heteroatoms. The Hall–Kier alpha value is -2.49. The molecule has 104 valence electrons. The van der Waals surface area contributed by atoms with Crippen molar-refractivity contribution in [1.29, 1.82) is 0 Å². The van der Waals surface area contributed by atoms with Crippen LogP contribution < -0.4 is 10.2 Å². The van der Waals surface area contributed by atoms with Gasteiger partial charge in [0, 0.05) is 0 Å². The predicted octanol–water partition coefficient (Wildman–Crippen LogP) is 2.91. The van der Waals surface area contributed by atoms with Crippen molar-refractivity contribution in [2.24, 2.45) is 5.10 Å². The molecule has 4 nitrogen and oxygen atoms in total. The number of phenols is 1. The van der Waals surface area contributed by atoms with Crippen molar-refractivity contribution < 1.29 is 9.84 Å². The largest absolute Gasteiger partial charge is 0.504 e. The van der Waals surface area contributed by atoms with Crippen LogP contribution in [0.5, 0.6) is 11.5 Å². The lowest BCUT2D eigenvalue weighted by Crippen LogP contribution is -2.05. The standard InChI is InChI=1S/C16H18N2O2/c1-2-20-16-10-14(8-9-15(16)19)12-18-17-11-13-6-4-3-5-7-13/h3-10,12,17,19H,2,11H2,1H3. The van der Waals surface area contributed by atoms with E-state index in [0.29, 0.717) is 18.9 Å². The van der Waals surface area contributed by atoms with E-state index in [1.165, 1.54) is 5.56 Å². The monoisotopic (exact) mass is 270 g/mol. The fraction of sp³-hybridized carbons (Fsp3) is 0.188. The number of hydrogen-bond acceptors (Lipinski definition) is 4. The number of hydrazone groups is 1. The zero-order valence-corrected chi connectivity index (χ0v) is 11.4. The third-order valence-electron chi connectivity index (χ3n) is 2.71. The van der Waals surface area contributed by atoms with Crippen LogP contribution >= 0.6 is 0 Å². The summed E-state index contributed by atoms with van der Waals surface area (Å²) in [4.78, 5) is 0. The third kappa shape index (κ3) is 4.02. The minimum absolute atomic E-state index is 0.140. The molecule has 2 aromatic carbocycles. The molecule has 2 aromatic rings. The van der Waals surface area contributed by atoms with Crippen LogP contribution in [-0.2, 0) is 6.54 Å². The van der Waals surface area contributed by atoms with Crippen LogP contribution in [0.1, 0.15) is 18.1 Å². The first kappa shape index (κ1) is 13.9. The van der Waals surface area contributed by atoms with Crippen molar-refractivity contribution in [2.75, 3.05) is 6.61 Å². The maximum Gasteiger partial charge on any atom is 0.161 e. The lowest BCUT2D eigenvalue weighted by molar-refractivity contribution is 0.318. The smallest absolute Gasteiger partial charge is 0.161 e. The maximum atomic E-state index is 9.60. The van der Waals surface area contributed by atoms with E-state index < -0.39 is 0 Å². The number of hydrogen-bond donors (Lipinski definition) is 2. The molecule has 0 saturated heterocycles. The molecule has 0 fully saturated rings. The van der Waals surface area contributed by atoms with E-state index in [0.717, 1.165) is 5.56 Å². The van der Waals surface area contributed by atoms with E-state index in [9.17, 15) is 5.11 Å². The van der Waals surface area contributed by atoms with Crippen molar-refractivity contribution in [3.63, 3.8) is 0 Å². The average Bonchev–Trinajstić information content (AvgIpc) is 2.48. The summed E-state index contributed by atoms with van der Waals surface area (Å²) in [7, 11) is 0. The van der Waals surface area contributed by atoms with Crippen molar-refractivity contribution in [3.05, 3.63) is 59.7 Å². The van der Waals surface area contributed by atoms with E-state index in [4.69, 9.17) is 4.74 Å². The van der Waals surface area contributed by atoms with E-state index >= 15 is 0 Å². The summed E-state index contributed by atoms with van der Waals surface area (Å²) in [5.41, 5.74) is 5.02. The molecule has 2 rings (SSSR count). The van der Waals surface area contributed by atoms with Gasteiger partial charge in [0.15, 0.2) is 11.5 Å². The summed E-state index contributed by atoms with van der Waals surface area (Å²) >= 11 is 0. The number of benzene rings is 2. The van der Waals surface area contributed by atoms with Gasteiger partial charge < -0.3 is 15.3 Å². The SMILES string of the molecule is CCOc1cc(C=NNCc2ccccc2)ccc1O. The Morgan fingerprint density at radius 1 is 1.20 bits per heavy atom. The number of phenolic OH excluding ortho intramolecular Hbond substituents is 1. The van der Waals surface area contributed by atoms with Gasteiger partial charge in [0.25, 0.3) is 0 Å². The number of nitrogens with zero attached hydrogens (tertiary/aromatic N) is 1. The molecule has 0 unspecified atom stereocenters. The van der Waals surface area contributed by atoms with Crippen LogP contribution in [0.2, 0.25) is 0 Å². The van der Waals surface area contributed by atoms with Crippen molar-refractivity contribution >= 4 is 6.21 Å². The van der Waals surface area contributed by atoms with Crippen molar-refractivity contribution in [1.82, 2.24) is 5.43 Å². The summed E-state index contributed by atoms with van der Waals surface area (Å²) in [6.45, 7) is 3.07. The van der Waals surface area contributed by atoms with Gasteiger partial charge in [-0.1, -0.05) is 30.3 Å². The lowest BCUT2D eigenvalue weighted by atomic mass is 10.2. The molecule has 2 N–H and O–H groups in total. The summed E-state index contributed by atoms with van der Waals surface area (Å²) in [6, 6.07) is 15.2. The minimum atomic E-state index is 0.140. The number of rotatable bonds is 6. The Morgan fingerprint density at radius 2 is 2.00 bits per heavy atom. The molecule has 0 atom stereocenters. The molecule has 0 radical (unpaired) electrons. The van der Waals surface area contributed by atoms with Crippen LogP contribution in [0.4, 0.5) is 0 Å². The number of nitrogens with one attached hydrogen (secondary N) is 1. The van der Waals surface area contributed by atoms with Gasteiger partial charge >= 0.3 is 0 Å². The fourth-order valence-corrected chi connectivity index (χ4v) is 1.74. The van der Waals surface area contributed by atoms with Gasteiger partial charge in [-0.3, -0.25) is 0 Å². The molecule has 0 amide bonds. The molecular formula is C16H18N2O2. The van der Waals surface area contributed by atoms with Gasteiger partial charge in [-0.25, -0.2) is 0 Å². The Labute approximate surface area is 118 Å². The maximum absolute atomic E-state index is 9.60. The molecule has 0 saturated carbocycles. The summed E-state index contributed by atoms with van der Waals surface area (Å²) in [6.07, 6.45) is 1.70. The lowest BCUT2D eigenvalue weighted by Gasteiger charge is -2.06. The normalized spacial score (nSPS) is 10.7. The van der Waals surface area contributed by atoms with Crippen molar-refractivity contribution in [3.8, 4) is 11.5 Å². The van der Waals surface area contributed by atoms with Crippen LogP contribution in [0.25, 0.3) is 0 Å². The summed E-state index contributed by atoms with van der Waals surface area (Å²) < 4.78 is 5.32. The predicted molar refractivity (Wildman–Crippen MR) is 80.2 cm³/mol. The van der Waals surface area contributed by atoms with Gasteiger partial charge in [-0.2, -0.15) is 5.10 Å². The molecule has 0 bridgehead atoms. The van der Waals surface area contributed by atoms with Gasteiger partial charge in [0.2, 0.25) is 0 Å². The molecule has 0 aliphatic heterocycles. The summed E-state index contributed by atoms with van der Waals surface area (Å²) in [5, 5.41) is 13.8. The zero-order valence-electron chi connectivity index (χ0n) is 11.4. The Bertz CT molecular complexity index is 568. The first-order chi connectivity index (χ1) is 9.79. The fourth-order valence-electron chi connectivity index (χ4n) is 1.74. The second kappa shape index (κ2) is 7.19. The minimum Gasteiger partial charge on any atom is -0.504 e. The molecule has 0 heterocycles. The topological polar surface area (TPSA) is 53.8 Å². The number of ether oxygens (including phenoxy) is 1. The van der Waals surface area contributed by atoms with E-state index in [2.05, 4.69) is 10.5 Å². The molecule has 0 aliphatic rings. The highest BCUT2D eigenvalue weighted by Gasteiger charge is 2.01. The van der Waals surface area contributed by atoms with Gasteiger partial charge in [-0.15, -0.1) is 0 Å². The first-order valence-electron chi connectivity index (χ1n) is 6.55. The van der Waals surface area contributed by atoms with Crippen LogP contribution in [0.15, 0.2) is 53.6 Å². The third-order valence-corrected chi connectivity index (χ3v) is 2.71. The van der Waals surface area contributed by atoms with E-state index in [1.807, 2.05) is 37.3 Å². The van der Waals surface area contributed by atoms with E-state index in [-0.39, 0.29) is 5.75 Å². The first-order valence-corrected chi connectivity index (χ1v) is 6.55. The zero-order chi connectivity index (χ0) is 14.2. The van der Waals surface area contributed by atoms with Crippen LogP contribution in [0.3, 0.4) is 0 Å². The van der Waals surface area contributed by atoms with Crippen LogP contribution in [0, 0.1) is 0 Å². The van der Waals surface area contributed by atoms with Crippen molar-refractivity contribution in [2.45, 2.75) is 13.5 Å². The number of aromatic hydroxyl groups is 1. The quantitative estimate of drug-likeness (QED) is 0.627. The van der Waals surface area contributed by atoms with Gasteiger partial charge in [0.1, 0.15) is 0 Å². The summed E-state index contributed by atoms with van der Waals surface area (Å²) in [5.74, 6) is 0.612. The van der Waals surface area contributed by atoms with E-state index in [1.54, 1.807) is 24.4 Å². The molecule has 0 aliphatic carbocycles. The second-order valence-corrected chi connectivity index (χ2v) is 4.24. The highest BCUT2D eigenvalue weighted by molar-refractivity contribution is 5.80. The second-order valence-electron chi connectivity index (χ2n) is 4.24.